The van der Waals surface area contributed by atoms with Crippen molar-refractivity contribution in [3.63, 3.8) is 0 Å². The first kappa shape index (κ1) is 18.2. The van der Waals surface area contributed by atoms with Gasteiger partial charge in [-0.15, -0.1) is 0 Å². The van der Waals surface area contributed by atoms with E-state index in [1.54, 1.807) is 0 Å². The number of aryl methyl sites for hydroxylation is 1. The second-order valence-corrected chi connectivity index (χ2v) is 5.98. The maximum atomic E-state index is 12.0. The predicted molar refractivity (Wildman–Crippen MR) is 88.9 cm³/mol. The van der Waals surface area contributed by atoms with Gasteiger partial charge >= 0.3 is 0 Å². The molecule has 5 heteroatoms. The average molecular weight is 306 g/mol. The number of anilines is 1. The minimum atomic E-state index is -0.0873. The molecule has 1 aromatic carbocycles. The van der Waals surface area contributed by atoms with Gasteiger partial charge in [-0.2, -0.15) is 0 Å². The Labute approximate surface area is 133 Å². The second-order valence-electron chi connectivity index (χ2n) is 5.98. The van der Waals surface area contributed by atoms with E-state index in [1.807, 2.05) is 45.2 Å². The summed E-state index contributed by atoms with van der Waals surface area (Å²) in [5, 5.41) is 5.79. The fraction of sp³-hybridized carbons (Fsp3) is 0.529. The topological polar surface area (TPSA) is 62.6 Å². The maximum absolute atomic E-state index is 12.0. The molecule has 1 aromatic rings. The molecule has 5 nitrogen and oxygen atoms in total. The second kappa shape index (κ2) is 9.20. The van der Waals surface area contributed by atoms with Gasteiger partial charge in [0.05, 0.1) is 7.05 Å². The number of carbonyl (C=O) groups is 2. The van der Waals surface area contributed by atoms with E-state index in [1.165, 1.54) is 0 Å². The highest BCUT2D eigenvalue weighted by atomic mass is 16.2. The Balaban J connectivity index is 2.34. The summed E-state index contributed by atoms with van der Waals surface area (Å²) < 4.78 is 0. The summed E-state index contributed by atoms with van der Waals surface area (Å²) in [7, 11) is 1.85. The third kappa shape index (κ3) is 7.22. The highest BCUT2D eigenvalue weighted by Gasteiger charge is 2.15. The van der Waals surface area contributed by atoms with Gasteiger partial charge in [0, 0.05) is 11.7 Å². The van der Waals surface area contributed by atoms with E-state index in [0.717, 1.165) is 29.0 Å². The zero-order valence-electron chi connectivity index (χ0n) is 14.0. The predicted octanol–water partition coefficient (Wildman–Crippen LogP) is 0.753. The molecular formula is C17H28N3O2+. The Morgan fingerprint density at radius 1 is 1.14 bits per heavy atom. The van der Waals surface area contributed by atoms with Gasteiger partial charge in [0.2, 0.25) is 0 Å². The van der Waals surface area contributed by atoms with Crippen molar-refractivity contribution in [3.8, 4) is 0 Å². The minimum Gasteiger partial charge on any atom is -0.349 e. The van der Waals surface area contributed by atoms with Crippen molar-refractivity contribution in [2.24, 2.45) is 0 Å². The monoisotopic (exact) mass is 306 g/mol. The molecule has 0 aromatic heterocycles. The van der Waals surface area contributed by atoms with E-state index < -0.39 is 0 Å². The van der Waals surface area contributed by atoms with Crippen LogP contribution in [0.1, 0.15) is 32.3 Å². The molecular weight excluding hydrogens is 278 g/mol. The summed E-state index contributed by atoms with van der Waals surface area (Å²) in [6.45, 7) is 6.66. The molecule has 0 radical (unpaired) electrons. The molecule has 122 valence electrons. The zero-order valence-corrected chi connectivity index (χ0v) is 14.0. The van der Waals surface area contributed by atoms with Crippen LogP contribution in [0.2, 0.25) is 0 Å². The van der Waals surface area contributed by atoms with E-state index in [-0.39, 0.29) is 24.4 Å². The number of carbonyl (C=O) groups excluding carboxylic acids is 2. The lowest BCUT2D eigenvalue weighted by atomic mass is 10.2. The number of hydrogen-bond donors (Lipinski definition) is 3. The number of quaternary nitrogens is 1. The molecule has 0 spiro atoms. The highest BCUT2D eigenvalue weighted by Crippen LogP contribution is 2.07. The molecule has 22 heavy (non-hydrogen) atoms. The van der Waals surface area contributed by atoms with E-state index in [0.29, 0.717) is 6.54 Å². The lowest BCUT2D eigenvalue weighted by Gasteiger charge is -2.16. The first-order valence-corrected chi connectivity index (χ1v) is 7.88. The first-order chi connectivity index (χ1) is 10.4. The van der Waals surface area contributed by atoms with Crippen LogP contribution in [-0.4, -0.2) is 38.0 Å². The van der Waals surface area contributed by atoms with Gasteiger partial charge < -0.3 is 15.5 Å². The number of hydrogen-bond acceptors (Lipinski definition) is 2. The van der Waals surface area contributed by atoms with E-state index >= 15 is 0 Å². The van der Waals surface area contributed by atoms with Crippen LogP contribution in [0.3, 0.4) is 0 Å². The van der Waals surface area contributed by atoms with Gasteiger partial charge in [0.15, 0.2) is 13.1 Å². The van der Waals surface area contributed by atoms with Gasteiger partial charge in [-0.25, -0.2) is 0 Å². The quantitative estimate of drug-likeness (QED) is 0.664. The van der Waals surface area contributed by atoms with Crippen LogP contribution >= 0.6 is 0 Å². The van der Waals surface area contributed by atoms with Crippen LogP contribution in [0.25, 0.3) is 0 Å². The Kier molecular flexibility index (Phi) is 7.60. The van der Waals surface area contributed by atoms with Gasteiger partial charge in [0.25, 0.3) is 11.8 Å². The lowest BCUT2D eigenvalue weighted by Crippen LogP contribution is -3.11. The van der Waals surface area contributed by atoms with Crippen LogP contribution in [0, 0.1) is 6.92 Å². The number of likely N-dealkylation sites (N-methyl/N-ethyl adjacent to an activating group) is 1. The number of rotatable bonds is 8. The van der Waals surface area contributed by atoms with Crippen molar-refractivity contribution in [3.05, 3.63) is 29.8 Å². The van der Waals surface area contributed by atoms with Crippen LogP contribution in [-0.2, 0) is 9.59 Å². The Morgan fingerprint density at radius 3 is 2.32 bits per heavy atom. The van der Waals surface area contributed by atoms with Gasteiger partial charge in [0.1, 0.15) is 0 Å². The normalized spacial score (nSPS) is 13.3. The molecule has 0 fully saturated rings. The molecule has 0 bridgehead atoms. The van der Waals surface area contributed by atoms with E-state index in [2.05, 4.69) is 17.6 Å². The fourth-order valence-corrected chi connectivity index (χ4v) is 2.28. The molecule has 0 aliphatic carbocycles. The first-order valence-electron chi connectivity index (χ1n) is 7.88. The Hall–Kier alpha value is -1.88. The van der Waals surface area contributed by atoms with Crippen molar-refractivity contribution < 1.29 is 14.5 Å². The molecule has 2 amide bonds. The molecule has 1 unspecified atom stereocenters. The van der Waals surface area contributed by atoms with Gasteiger partial charge in [-0.05, 0) is 32.4 Å². The largest absolute Gasteiger partial charge is 0.349 e. The van der Waals surface area contributed by atoms with Crippen molar-refractivity contribution in [2.75, 3.05) is 25.5 Å². The molecule has 1 rings (SSSR count). The van der Waals surface area contributed by atoms with Gasteiger partial charge in [-0.3, -0.25) is 9.59 Å². The van der Waals surface area contributed by atoms with Crippen LogP contribution in [0.15, 0.2) is 24.3 Å². The molecule has 0 saturated heterocycles. The summed E-state index contributed by atoms with van der Waals surface area (Å²) in [5.41, 5.74) is 1.93. The summed E-state index contributed by atoms with van der Waals surface area (Å²) in [6.07, 6.45) is 2.02. The molecule has 0 aliphatic rings. The fourth-order valence-electron chi connectivity index (χ4n) is 2.28. The van der Waals surface area contributed by atoms with Crippen LogP contribution < -0.4 is 15.5 Å². The van der Waals surface area contributed by atoms with Crippen molar-refractivity contribution >= 4 is 17.5 Å². The Bertz CT molecular complexity index is 485. The van der Waals surface area contributed by atoms with Crippen molar-refractivity contribution in [1.29, 1.82) is 0 Å². The molecule has 2 atom stereocenters. The summed E-state index contributed by atoms with van der Waals surface area (Å²) in [5.74, 6) is -0.0997. The molecule has 3 N–H and O–H groups in total. The van der Waals surface area contributed by atoms with E-state index in [9.17, 15) is 9.59 Å². The maximum Gasteiger partial charge on any atom is 0.279 e. The summed E-state index contributed by atoms with van der Waals surface area (Å²) in [4.78, 5) is 24.7. The average Bonchev–Trinajstić information content (AvgIpc) is 2.40. The van der Waals surface area contributed by atoms with E-state index in [4.69, 9.17) is 0 Å². The summed E-state index contributed by atoms with van der Waals surface area (Å²) in [6, 6.07) is 7.85. The van der Waals surface area contributed by atoms with Crippen LogP contribution in [0.5, 0.6) is 0 Å². The van der Waals surface area contributed by atoms with Gasteiger partial charge in [-0.1, -0.05) is 31.0 Å². The molecule has 0 heterocycles. The lowest BCUT2D eigenvalue weighted by molar-refractivity contribution is -0.862. The SMILES string of the molecule is CCC[C@H](C)NC(=O)C[NH+](C)CC(=O)Nc1ccc(C)cc1. The highest BCUT2D eigenvalue weighted by molar-refractivity contribution is 5.91. The number of amides is 2. The molecule has 0 aliphatic heterocycles. The number of nitrogens with one attached hydrogen (secondary N) is 3. The standard InChI is InChI=1S/C17H27N3O2/c1-5-6-14(3)18-16(21)11-20(4)12-17(22)19-15-9-7-13(2)8-10-15/h7-10,14H,5-6,11-12H2,1-4H3,(H,18,21)(H,19,22)/p+1/t14-/m0/s1. The van der Waals surface area contributed by atoms with Crippen LogP contribution in [0.4, 0.5) is 5.69 Å². The molecule has 0 saturated carbocycles. The third-order valence-electron chi connectivity index (χ3n) is 3.39. The zero-order chi connectivity index (χ0) is 16.5. The summed E-state index contributed by atoms with van der Waals surface area (Å²) >= 11 is 0. The minimum absolute atomic E-state index is 0.0124. The van der Waals surface area contributed by atoms with Crippen molar-refractivity contribution in [2.45, 2.75) is 39.7 Å². The third-order valence-corrected chi connectivity index (χ3v) is 3.39. The van der Waals surface area contributed by atoms with Crippen molar-refractivity contribution in [1.82, 2.24) is 5.32 Å². The Morgan fingerprint density at radius 2 is 1.73 bits per heavy atom. The smallest absolute Gasteiger partial charge is 0.279 e. The number of benzene rings is 1.